The van der Waals surface area contributed by atoms with Crippen molar-refractivity contribution in [1.29, 1.82) is 0 Å². The van der Waals surface area contributed by atoms with Crippen LogP contribution < -0.4 is 18.9 Å². The molecule has 0 spiro atoms. The Hall–Kier alpha value is -1.58. The zero-order valence-corrected chi connectivity index (χ0v) is 10.7. The lowest BCUT2D eigenvalue weighted by Crippen LogP contribution is -2.17. The van der Waals surface area contributed by atoms with Gasteiger partial charge in [-0.15, -0.1) is 0 Å². The van der Waals surface area contributed by atoms with Gasteiger partial charge in [-0.1, -0.05) is 13.8 Å². The highest BCUT2D eigenvalue weighted by molar-refractivity contribution is 5.63. The molecule has 1 aliphatic heterocycles. The first kappa shape index (κ1) is 11.9. The van der Waals surface area contributed by atoms with Gasteiger partial charge in [0.1, 0.15) is 19.0 Å². The average molecular weight is 238 g/mol. The number of methoxy groups -OCH3 is 2. The summed E-state index contributed by atoms with van der Waals surface area (Å²) in [6.45, 7) is 5.29. The number of rotatable bonds is 3. The number of hydrogen-bond acceptors (Lipinski definition) is 4. The van der Waals surface area contributed by atoms with Crippen molar-refractivity contribution in [3.63, 3.8) is 0 Å². The van der Waals surface area contributed by atoms with Crippen molar-refractivity contribution in [2.24, 2.45) is 0 Å². The Morgan fingerprint density at radius 1 is 1.12 bits per heavy atom. The minimum Gasteiger partial charge on any atom is -0.496 e. The zero-order chi connectivity index (χ0) is 12.4. The monoisotopic (exact) mass is 238 g/mol. The van der Waals surface area contributed by atoms with Crippen molar-refractivity contribution in [3.8, 4) is 23.0 Å². The highest BCUT2D eigenvalue weighted by atomic mass is 16.6. The van der Waals surface area contributed by atoms with Gasteiger partial charge in [-0.3, -0.25) is 0 Å². The molecular weight excluding hydrogens is 220 g/mol. The van der Waals surface area contributed by atoms with Crippen molar-refractivity contribution < 1.29 is 18.9 Å². The lowest BCUT2D eigenvalue weighted by Gasteiger charge is -2.25. The van der Waals surface area contributed by atoms with Gasteiger partial charge in [0.15, 0.2) is 11.5 Å². The van der Waals surface area contributed by atoms with E-state index in [-0.39, 0.29) is 5.92 Å². The molecule has 1 heterocycles. The van der Waals surface area contributed by atoms with Gasteiger partial charge in [-0.05, 0) is 5.92 Å². The van der Waals surface area contributed by atoms with Gasteiger partial charge < -0.3 is 18.9 Å². The standard InChI is InChI=1S/C13H18O4/c1-8(2)11-9(14-3)7-10-12(13(11)15-4)17-6-5-16-10/h7-8H,5-6H2,1-4H3. The van der Waals surface area contributed by atoms with E-state index in [1.807, 2.05) is 6.07 Å². The summed E-state index contributed by atoms with van der Waals surface area (Å²) in [6.07, 6.45) is 0. The van der Waals surface area contributed by atoms with E-state index >= 15 is 0 Å². The number of hydrogen-bond donors (Lipinski definition) is 0. The van der Waals surface area contributed by atoms with E-state index in [2.05, 4.69) is 13.8 Å². The van der Waals surface area contributed by atoms with Crippen LogP contribution in [0.25, 0.3) is 0 Å². The lowest BCUT2D eigenvalue weighted by atomic mass is 9.99. The highest BCUT2D eigenvalue weighted by Gasteiger charge is 2.25. The predicted octanol–water partition coefficient (Wildman–Crippen LogP) is 2.60. The van der Waals surface area contributed by atoms with Crippen LogP contribution in [0.1, 0.15) is 25.3 Å². The third-order valence-corrected chi connectivity index (χ3v) is 2.79. The summed E-state index contributed by atoms with van der Waals surface area (Å²) >= 11 is 0. The summed E-state index contributed by atoms with van der Waals surface area (Å²) in [5.74, 6) is 3.16. The molecule has 1 aromatic rings. The molecule has 0 bridgehead atoms. The molecule has 4 heteroatoms. The van der Waals surface area contributed by atoms with Crippen molar-refractivity contribution >= 4 is 0 Å². The molecule has 2 rings (SSSR count). The first-order valence-electron chi connectivity index (χ1n) is 5.73. The molecule has 94 valence electrons. The molecule has 0 amide bonds. The van der Waals surface area contributed by atoms with Crippen molar-refractivity contribution in [3.05, 3.63) is 11.6 Å². The van der Waals surface area contributed by atoms with E-state index in [4.69, 9.17) is 18.9 Å². The smallest absolute Gasteiger partial charge is 0.204 e. The molecule has 0 aromatic heterocycles. The summed E-state index contributed by atoms with van der Waals surface area (Å²) < 4.78 is 22.1. The van der Waals surface area contributed by atoms with Crippen LogP contribution in [-0.2, 0) is 0 Å². The van der Waals surface area contributed by atoms with Crippen molar-refractivity contribution in [2.75, 3.05) is 27.4 Å². The van der Waals surface area contributed by atoms with Crippen LogP contribution >= 0.6 is 0 Å². The van der Waals surface area contributed by atoms with E-state index < -0.39 is 0 Å². The minimum absolute atomic E-state index is 0.288. The van der Waals surface area contributed by atoms with Crippen LogP contribution in [0.15, 0.2) is 6.07 Å². The van der Waals surface area contributed by atoms with Gasteiger partial charge >= 0.3 is 0 Å². The third kappa shape index (κ3) is 1.99. The van der Waals surface area contributed by atoms with Gasteiger partial charge in [0.05, 0.1) is 14.2 Å². The van der Waals surface area contributed by atoms with E-state index in [1.165, 1.54) is 0 Å². The second-order valence-corrected chi connectivity index (χ2v) is 4.20. The quantitative estimate of drug-likeness (QED) is 0.811. The molecule has 0 fully saturated rings. The summed E-state index contributed by atoms with van der Waals surface area (Å²) in [4.78, 5) is 0. The molecule has 1 aliphatic rings. The van der Waals surface area contributed by atoms with Crippen LogP contribution in [-0.4, -0.2) is 27.4 Å². The minimum atomic E-state index is 0.288. The van der Waals surface area contributed by atoms with Crippen LogP contribution in [0, 0.1) is 0 Å². The molecule has 0 atom stereocenters. The molecular formula is C13H18O4. The second-order valence-electron chi connectivity index (χ2n) is 4.20. The second kappa shape index (κ2) is 4.73. The normalized spacial score (nSPS) is 13.7. The van der Waals surface area contributed by atoms with Crippen molar-refractivity contribution in [2.45, 2.75) is 19.8 Å². The molecule has 17 heavy (non-hydrogen) atoms. The SMILES string of the molecule is COc1cc2c(c(OC)c1C(C)C)OCCO2. The molecule has 0 radical (unpaired) electrons. The van der Waals surface area contributed by atoms with Gasteiger partial charge in [0, 0.05) is 11.6 Å². The Morgan fingerprint density at radius 2 is 1.82 bits per heavy atom. The Labute approximate surface area is 101 Å². The molecule has 0 saturated carbocycles. The van der Waals surface area contributed by atoms with Gasteiger partial charge in [0.25, 0.3) is 0 Å². The van der Waals surface area contributed by atoms with Crippen LogP contribution in [0.3, 0.4) is 0 Å². The van der Waals surface area contributed by atoms with E-state index in [0.717, 1.165) is 11.3 Å². The zero-order valence-electron chi connectivity index (χ0n) is 10.7. The van der Waals surface area contributed by atoms with Crippen LogP contribution in [0.4, 0.5) is 0 Å². The first-order chi connectivity index (χ1) is 8.19. The lowest BCUT2D eigenvalue weighted by molar-refractivity contribution is 0.163. The number of fused-ring (bicyclic) bond motifs is 1. The van der Waals surface area contributed by atoms with E-state index in [9.17, 15) is 0 Å². The summed E-state index contributed by atoms with van der Waals surface area (Å²) in [5.41, 5.74) is 1.01. The summed E-state index contributed by atoms with van der Waals surface area (Å²) in [7, 11) is 3.29. The summed E-state index contributed by atoms with van der Waals surface area (Å²) in [6, 6.07) is 1.87. The molecule has 0 unspecified atom stereocenters. The Morgan fingerprint density at radius 3 is 2.41 bits per heavy atom. The van der Waals surface area contributed by atoms with E-state index in [1.54, 1.807) is 14.2 Å². The Bertz CT molecular complexity index is 412. The maximum atomic E-state index is 5.63. The first-order valence-corrected chi connectivity index (χ1v) is 5.73. The molecule has 0 saturated heterocycles. The van der Waals surface area contributed by atoms with Crippen LogP contribution in [0.5, 0.6) is 23.0 Å². The number of benzene rings is 1. The van der Waals surface area contributed by atoms with E-state index in [0.29, 0.717) is 30.5 Å². The van der Waals surface area contributed by atoms with Gasteiger partial charge in [0.2, 0.25) is 5.75 Å². The Kier molecular flexibility index (Phi) is 3.31. The maximum absolute atomic E-state index is 5.63. The molecule has 0 N–H and O–H groups in total. The Balaban J connectivity index is 2.63. The predicted molar refractivity (Wildman–Crippen MR) is 64.6 cm³/mol. The molecule has 4 nitrogen and oxygen atoms in total. The fourth-order valence-electron chi connectivity index (χ4n) is 2.07. The molecule has 1 aromatic carbocycles. The summed E-state index contributed by atoms with van der Waals surface area (Å²) in [5, 5.41) is 0. The molecule has 0 aliphatic carbocycles. The third-order valence-electron chi connectivity index (χ3n) is 2.79. The fraction of sp³-hybridized carbons (Fsp3) is 0.538. The van der Waals surface area contributed by atoms with Gasteiger partial charge in [-0.2, -0.15) is 0 Å². The largest absolute Gasteiger partial charge is 0.496 e. The highest BCUT2D eigenvalue weighted by Crippen LogP contribution is 2.48. The average Bonchev–Trinajstić information content (AvgIpc) is 2.35. The van der Waals surface area contributed by atoms with Crippen LogP contribution in [0.2, 0.25) is 0 Å². The fourth-order valence-corrected chi connectivity index (χ4v) is 2.07. The number of ether oxygens (including phenoxy) is 4. The van der Waals surface area contributed by atoms with Gasteiger partial charge in [-0.25, -0.2) is 0 Å². The maximum Gasteiger partial charge on any atom is 0.204 e. The topological polar surface area (TPSA) is 36.9 Å². The van der Waals surface area contributed by atoms with Crippen molar-refractivity contribution in [1.82, 2.24) is 0 Å².